The molecule has 2 atom stereocenters. The van der Waals surface area contributed by atoms with Gasteiger partial charge in [0.15, 0.2) is 17.6 Å². The van der Waals surface area contributed by atoms with Gasteiger partial charge in [-0.2, -0.15) is 0 Å². The zero-order valence-electron chi connectivity index (χ0n) is 14.9. The van der Waals surface area contributed by atoms with E-state index in [1.54, 1.807) is 31.4 Å². The molecule has 0 unspecified atom stereocenters. The topological polar surface area (TPSA) is 66.0 Å². The molecule has 2 aromatic rings. The molecule has 0 aliphatic carbocycles. The SMILES string of the molecule is CC[C@H](Oc1ccc(OC)cc1)C(=O)NC[C@@H]1COc2ccccc2O1. The number of hydrogen-bond donors (Lipinski definition) is 1. The number of fused-ring (bicyclic) bond motifs is 1. The maximum atomic E-state index is 12.4. The molecule has 0 fully saturated rings. The van der Waals surface area contributed by atoms with Gasteiger partial charge in [0.25, 0.3) is 5.91 Å². The highest BCUT2D eigenvalue weighted by Crippen LogP contribution is 2.30. The van der Waals surface area contributed by atoms with E-state index in [4.69, 9.17) is 18.9 Å². The summed E-state index contributed by atoms with van der Waals surface area (Å²) in [4.78, 5) is 12.4. The van der Waals surface area contributed by atoms with Crippen LogP contribution in [0.15, 0.2) is 48.5 Å². The second kappa shape index (κ2) is 8.47. The molecule has 1 aliphatic rings. The van der Waals surface area contributed by atoms with Crippen LogP contribution in [0, 0.1) is 0 Å². The average Bonchev–Trinajstić information content (AvgIpc) is 2.70. The van der Waals surface area contributed by atoms with Gasteiger partial charge in [-0.05, 0) is 42.8 Å². The van der Waals surface area contributed by atoms with Crippen LogP contribution in [0.5, 0.6) is 23.0 Å². The zero-order valence-corrected chi connectivity index (χ0v) is 14.9. The lowest BCUT2D eigenvalue weighted by atomic mass is 10.2. The smallest absolute Gasteiger partial charge is 0.261 e. The standard InChI is InChI=1S/C20H23NO5/c1-3-17(25-15-10-8-14(23-2)9-11-15)20(22)21-12-16-13-24-18-6-4-5-7-19(18)26-16/h4-11,16-17H,3,12-13H2,1-2H3,(H,21,22)/t16-,17+/m1/s1. The summed E-state index contributed by atoms with van der Waals surface area (Å²) >= 11 is 0. The Morgan fingerprint density at radius 1 is 1.15 bits per heavy atom. The van der Waals surface area contributed by atoms with Gasteiger partial charge < -0.3 is 24.3 Å². The summed E-state index contributed by atoms with van der Waals surface area (Å²) in [6, 6.07) is 14.7. The first-order chi connectivity index (χ1) is 12.7. The molecular formula is C20H23NO5. The molecular weight excluding hydrogens is 334 g/mol. The lowest BCUT2D eigenvalue weighted by molar-refractivity contribution is -0.128. The van der Waals surface area contributed by atoms with Crippen LogP contribution in [0.2, 0.25) is 0 Å². The first-order valence-corrected chi connectivity index (χ1v) is 8.66. The van der Waals surface area contributed by atoms with Gasteiger partial charge in [0.2, 0.25) is 0 Å². The summed E-state index contributed by atoms with van der Waals surface area (Å²) in [5.41, 5.74) is 0. The Morgan fingerprint density at radius 2 is 1.85 bits per heavy atom. The van der Waals surface area contributed by atoms with Crippen molar-refractivity contribution in [3.63, 3.8) is 0 Å². The second-order valence-corrected chi connectivity index (χ2v) is 5.93. The van der Waals surface area contributed by atoms with Crippen molar-refractivity contribution in [2.45, 2.75) is 25.6 Å². The van der Waals surface area contributed by atoms with Crippen LogP contribution in [-0.2, 0) is 4.79 Å². The van der Waals surface area contributed by atoms with E-state index in [9.17, 15) is 4.79 Å². The Kier molecular flexibility index (Phi) is 5.84. The van der Waals surface area contributed by atoms with E-state index in [0.717, 1.165) is 11.5 Å². The predicted octanol–water partition coefficient (Wildman–Crippen LogP) is 2.81. The van der Waals surface area contributed by atoms with Crippen molar-refractivity contribution < 1.29 is 23.7 Å². The van der Waals surface area contributed by atoms with Crippen LogP contribution in [-0.4, -0.2) is 38.4 Å². The predicted molar refractivity (Wildman–Crippen MR) is 97.1 cm³/mol. The van der Waals surface area contributed by atoms with Crippen molar-refractivity contribution in [2.24, 2.45) is 0 Å². The summed E-state index contributed by atoms with van der Waals surface area (Å²) < 4.78 is 22.4. The van der Waals surface area contributed by atoms with Gasteiger partial charge in [0.05, 0.1) is 13.7 Å². The highest BCUT2D eigenvalue weighted by atomic mass is 16.6. The van der Waals surface area contributed by atoms with E-state index in [2.05, 4.69) is 5.32 Å². The van der Waals surface area contributed by atoms with E-state index in [1.165, 1.54) is 0 Å². The van der Waals surface area contributed by atoms with Crippen molar-refractivity contribution in [1.82, 2.24) is 5.32 Å². The van der Waals surface area contributed by atoms with Crippen molar-refractivity contribution >= 4 is 5.91 Å². The molecule has 1 amide bonds. The van der Waals surface area contributed by atoms with Gasteiger partial charge in [-0.15, -0.1) is 0 Å². The number of benzene rings is 2. The number of nitrogens with one attached hydrogen (secondary N) is 1. The van der Waals surface area contributed by atoms with Crippen LogP contribution in [0.3, 0.4) is 0 Å². The van der Waals surface area contributed by atoms with Gasteiger partial charge in [-0.3, -0.25) is 4.79 Å². The van der Waals surface area contributed by atoms with E-state index >= 15 is 0 Å². The highest BCUT2D eigenvalue weighted by Gasteiger charge is 2.24. The number of carbonyl (C=O) groups excluding carboxylic acids is 1. The Morgan fingerprint density at radius 3 is 2.54 bits per heavy atom. The monoisotopic (exact) mass is 357 g/mol. The minimum atomic E-state index is -0.569. The molecule has 0 bridgehead atoms. The van der Waals surface area contributed by atoms with Crippen molar-refractivity contribution in [3.05, 3.63) is 48.5 Å². The Hall–Kier alpha value is -2.89. The van der Waals surface area contributed by atoms with Crippen molar-refractivity contribution in [2.75, 3.05) is 20.3 Å². The molecule has 0 spiro atoms. The van der Waals surface area contributed by atoms with E-state index < -0.39 is 6.10 Å². The first kappa shape index (κ1) is 17.9. The minimum absolute atomic E-state index is 0.175. The maximum absolute atomic E-state index is 12.4. The number of carbonyl (C=O) groups is 1. The Labute approximate surface area is 153 Å². The van der Waals surface area contributed by atoms with Crippen LogP contribution in [0.25, 0.3) is 0 Å². The van der Waals surface area contributed by atoms with Crippen LogP contribution < -0.4 is 24.3 Å². The van der Waals surface area contributed by atoms with E-state index in [0.29, 0.717) is 31.1 Å². The van der Waals surface area contributed by atoms with Crippen molar-refractivity contribution in [1.29, 1.82) is 0 Å². The maximum Gasteiger partial charge on any atom is 0.261 e. The zero-order chi connectivity index (χ0) is 18.4. The highest BCUT2D eigenvalue weighted by molar-refractivity contribution is 5.81. The van der Waals surface area contributed by atoms with Gasteiger partial charge in [0.1, 0.15) is 24.2 Å². The number of para-hydroxylation sites is 2. The Balaban J connectivity index is 1.51. The summed E-state index contributed by atoms with van der Waals surface area (Å²) in [5.74, 6) is 2.61. The number of hydrogen-bond acceptors (Lipinski definition) is 5. The van der Waals surface area contributed by atoms with Gasteiger partial charge in [0, 0.05) is 0 Å². The van der Waals surface area contributed by atoms with Gasteiger partial charge in [-0.25, -0.2) is 0 Å². The largest absolute Gasteiger partial charge is 0.497 e. The molecule has 0 saturated heterocycles. The van der Waals surface area contributed by atoms with E-state index in [-0.39, 0.29) is 12.0 Å². The third kappa shape index (κ3) is 4.39. The Bertz CT molecular complexity index is 731. The van der Waals surface area contributed by atoms with Crippen LogP contribution in [0.4, 0.5) is 0 Å². The first-order valence-electron chi connectivity index (χ1n) is 8.66. The van der Waals surface area contributed by atoms with Gasteiger partial charge >= 0.3 is 0 Å². The second-order valence-electron chi connectivity index (χ2n) is 5.93. The third-order valence-corrected chi connectivity index (χ3v) is 4.07. The molecule has 2 aromatic carbocycles. The van der Waals surface area contributed by atoms with Gasteiger partial charge in [-0.1, -0.05) is 19.1 Å². The molecule has 0 aromatic heterocycles. The molecule has 1 heterocycles. The minimum Gasteiger partial charge on any atom is -0.497 e. The quantitative estimate of drug-likeness (QED) is 0.825. The molecule has 1 aliphatic heterocycles. The summed E-state index contributed by atoms with van der Waals surface area (Å²) in [7, 11) is 1.60. The summed E-state index contributed by atoms with van der Waals surface area (Å²) in [6.45, 7) is 2.66. The van der Waals surface area contributed by atoms with Crippen LogP contribution in [0.1, 0.15) is 13.3 Å². The molecule has 0 saturated carbocycles. The van der Waals surface area contributed by atoms with Crippen LogP contribution >= 0.6 is 0 Å². The molecule has 3 rings (SSSR count). The summed E-state index contributed by atoms with van der Waals surface area (Å²) in [6.07, 6.45) is -0.240. The lowest BCUT2D eigenvalue weighted by Gasteiger charge is -2.27. The molecule has 138 valence electrons. The number of rotatable bonds is 7. The fourth-order valence-corrected chi connectivity index (χ4v) is 2.63. The molecule has 1 N–H and O–H groups in total. The molecule has 6 nitrogen and oxygen atoms in total. The molecule has 6 heteroatoms. The van der Waals surface area contributed by atoms with Crippen molar-refractivity contribution in [3.8, 4) is 23.0 Å². The number of amides is 1. The molecule has 0 radical (unpaired) electrons. The number of ether oxygens (including phenoxy) is 4. The molecule has 26 heavy (non-hydrogen) atoms. The fraction of sp³-hybridized carbons (Fsp3) is 0.350. The van der Waals surface area contributed by atoms with E-state index in [1.807, 2.05) is 31.2 Å². The summed E-state index contributed by atoms with van der Waals surface area (Å²) in [5, 5.41) is 2.88. The lowest BCUT2D eigenvalue weighted by Crippen LogP contribution is -2.45. The third-order valence-electron chi connectivity index (χ3n) is 4.07. The average molecular weight is 357 g/mol. The normalized spacial score (nSPS) is 16.5. The fourth-order valence-electron chi connectivity index (χ4n) is 2.63. The number of methoxy groups -OCH3 is 1.